The normalized spacial score (nSPS) is 13.6. The number of halogens is 7. The Morgan fingerprint density at radius 1 is 0.264 bits per heavy atom. The lowest BCUT2D eigenvalue weighted by Gasteiger charge is -2.25. The van der Waals surface area contributed by atoms with Crippen molar-refractivity contribution in [3.63, 3.8) is 0 Å². The Hall–Kier alpha value is -13.5. The van der Waals surface area contributed by atoms with Gasteiger partial charge in [-0.1, -0.05) is 340 Å². The largest absolute Gasteiger partial charge is 0.415 e. The van der Waals surface area contributed by atoms with Gasteiger partial charge in [0.2, 0.25) is 0 Å². The van der Waals surface area contributed by atoms with Crippen LogP contribution in [0, 0.1) is 76.5 Å². The van der Waals surface area contributed by atoms with Crippen molar-refractivity contribution in [2.45, 2.75) is 40.8 Å². The molecule has 0 atom stereocenters. The zero-order chi connectivity index (χ0) is 77.5. The topological polar surface area (TPSA) is 15.0 Å². The van der Waals surface area contributed by atoms with Gasteiger partial charge in [-0.2, -0.15) is 13.2 Å². The molecule has 0 N–H and O–H groups in total. The first kappa shape index (κ1) is 74.8. The molecule has 0 saturated heterocycles. The molecule has 544 valence electrons. The predicted octanol–water partition coefficient (Wildman–Crippen LogP) is 23.3. The van der Waals surface area contributed by atoms with Gasteiger partial charge in [-0.15, -0.1) is 0 Å². The van der Waals surface area contributed by atoms with Crippen molar-refractivity contribution in [1.29, 1.82) is 0 Å². The SMILES string of the molecule is C=[N+]1C=C(F)c2ccccc2[C-]1c1ccc(F)cc1C.C=[N+]1C=C(F)c2ccccc2[C-]1c1ccc(F)cc1C.C=[N+]1C=Cc2ccccc2[C-]1c1cc(-c2ccccc2)ccc1C.C=[N+]1C=Cc2ccccc2[C-]1c1ccc(-c2ccccc2)cc1C.C=[N+]1C=Cc2ccccc2[C-]1c1ccc(C(F)(F)F)cc1C. The molecule has 0 spiro atoms. The summed E-state index contributed by atoms with van der Waals surface area (Å²) in [6, 6.07) is 91.1. The molecule has 0 amide bonds. The molecular formula is C98H78F7N5. The van der Waals surface area contributed by atoms with Crippen LogP contribution in [0.25, 0.3) is 52.1 Å². The highest BCUT2D eigenvalue weighted by Crippen LogP contribution is 2.43. The van der Waals surface area contributed by atoms with Crippen molar-refractivity contribution < 1.29 is 53.6 Å². The maximum atomic E-state index is 14.0. The van der Waals surface area contributed by atoms with Crippen LogP contribution < -0.4 is 0 Å². The van der Waals surface area contributed by atoms with Crippen molar-refractivity contribution in [1.82, 2.24) is 0 Å². The minimum absolute atomic E-state index is 0.284. The molecule has 0 aliphatic carbocycles. The molecule has 17 rings (SSSR count). The van der Waals surface area contributed by atoms with E-state index in [1.54, 1.807) is 47.9 Å². The lowest BCUT2D eigenvalue weighted by atomic mass is 9.88. The minimum atomic E-state index is -4.33. The summed E-state index contributed by atoms with van der Waals surface area (Å²) < 4.78 is 102. The number of hydrogen-bond donors (Lipinski definition) is 0. The number of nitrogens with zero attached hydrogens (tertiary/aromatic N) is 5. The van der Waals surface area contributed by atoms with Gasteiger partial charge in [0.05, 0.1) is 33.6 Å². The fourth-order valence-corrected chi connectivity index (χ4v) is 14.2. The zero-order valence-corrected chi connectivity index (χ0v) is 61.5. The Labute approximate surface area is 639 Å². The molecule has 12 aromatic rings. The maximum Gasteiger partial charge on any atom is 0.415 e. The molecule has 5 aliphatic rings. The van der Waals surface area contributed by atoms with Gasteiger partial charge in [0.15, 0.2) is 42.6 Å². The van der Waals surface area contributed by atoms with Gasteiger partial charge >= 0.3 is 6.18 Å². The summed E-state index contributed by atoms with van der Waals surface area (Å²) in [7, 11) is 0. The Bertz CT molecular complexity index is 5610. The molecule has 5 heterocycles. The van der Waals surface area contributed by atoms with E-state index in [9.17, 15) is 30.7 Å². The van der Waals surface area contributed by atoms with Crippen LogP contribution in [0.5, 0.6) is 0 Å². The first-order valence-electron chi connectivity index (χ1n) is 35.7. The summed E-state index contributed by atoms with van der Waals surface area (Å²) in [5.74, 6) is -1.21. The van der Waals surface area contributed by atoms with Crippen molar-refractivity contribution in [3.05, 3.63) is 463 Å². The van der Waals surface area contributed by atoms with E-state index >= 15 is 0 Å². The van der Waals surface area contributed by atoms with Crippen molar-refractivity contribution in [2.75, 3.05) is 0 Å². The lowest BCUT2D eigenvalue weighted by Crippen LogP contribution is -2.21. The van der Waals surface area contributed by atoms with Crippen molar-refractivity contribution in [3.8, 4) is 22.3 Å². The molecule has 0 radical (unpaired) electrons. The third kappa shape index (κ3) is 16.0. The van der Waals surface area contributed by atoms with Crippen LogP contribution in [0.1, 0.15) is 117 Å². The first-order chi connectivity index (χ1) is 53.0. The Balaban J connectivity index is 0.000000121. The first-order valence-corrected chi connectivity index (χ1v) is 35.7. The van der Waals surface area contributed by atoms with E-state index in [0.29, 0.717) is 16.7 Å². The number of rotatable bonds is 7. The van der Waals surface area contributed by atoms with Gasteiger partial charge in [0.1, 0.15) is 41.9 Å². The highest BCUT2D eigenvalue weighted by Gasteiger charge is 2.34. The van der Waals surface area contributed by atoms with Gasteiger partial charge in [0, 0.05) is 5.56 Å². The summed E-state index contributed by atoms with van der Waals surface area (Å²) in [4.78, 5) is 0. The van der Waals surface area contributed by atoms with Crippen LogP contribution >= 0.6 is 0 Å². The number of benzene rings is 12. The summed E-state index contributed by atoms with van der Waals surface area (Å²) in [6.45, 7) is 29.7. The van der Waals surface area contributed by atoms with E-state index in [0.717, 1.165) is 86.3 Å². The minimum Gasteiger partial charge on any atom is -0.243 e. The van der Waals surface area contributed by atoms with Crippen molar-refractivity contribution in [2.24, 2.45) is 0 Å². The van der Waals surface area contributed by atoms with Crippen LogP contribution in [0.15, 0.2) is 304 Å². The number of fused-ring (bicyclic) bond motifs is 5. The van der Waals surface area contributed by atoms with Crippen LogP contribution in [0.3, 0.4) is 0 Å². The monoisotopic (exact) mass is 1460 g/mol. The standard InChI is InChI=1S/2C23H19N.C18H14F3N.2C17H13F2N/c1-17-16-20(18-8-4-3-5-9-18)12-13-21(17)23-22-11-7-6-10-19(22)14-15-24(23)2;1-17-12-13-20(18-8-4-3-5-9-18)16-22(17)23-21-11-7-6-10-19(21)14-15-24(23)2;1-12-11-14(18(19,20)21)7-8-15(12)17-16-6-4-3-5-13(16)9-10-22(17)2;2*1-11-9-12(18)7-8-13(11)17-15-6-4-3-5-14(15)16(19)10-20(17)2/h2*3-16H,2H2,1H3;3-11H,2H2,1H3;2*3-10H,2H2,1H3. The van der Waals surface area contributed by atoms with Gasteiger partial charge in [-0.25, -0.2) is 40.4 Å². The average Bonchev–Trinajstić information content (AvgIpc) is 0.770. The predicted molar refractivity (Wildman–Crippen MR) is 433 cm³/mol. The molecule has 0 bridgehead atoms. The Morgan fingerprint density at radius 2 is 0.582 bits per heavy atom. The highest BCUT2D eigenvalue weighted by atomic mass is 19.4. The average molecular weight is 1460 g/mol. The summed E-state index contributed by atoms with van der Waals surface area (Å²) in [5, 5.41) is 0. The van der Waals surface area contributed by atoms with Crippen LogP contribution in [-0.2, 0) is 6.18 Å². The van der Waals surface area contributed by atoms with Gasteiger partial charge in [-0.05, 0) is 119 Å². The summed E-state index contributed by atoms with van der Waals surface area (Å²) >= 11 is 0. The molecule has 110 heavy (non-hydrogen) atoms. The second-order valence-electron chi connectivity index (χ2n) is 27.1. The third-order valence-corrected chi connectivity index (χ3v) is 19.7. The molecule has 5 nitrogen and oxygen atoms in total. The van der Waals surface area contributed by atoms with E-state index in [1.165, 1.54) is 125 Å². The molecular weight excluding hydrogens is 1380 g/mol. The smallest absolute Gasteiger partial charge is 0.243 e. The zero-order valence-electron chi connectivity index (χ0n) is 61.5. The van der Waals surface area contributed by atoms with E-state index < -0.39 is 11.7 Å². The fraction of sp³-hybridized carbons (Fsp3) is 0.0612. The summed E-state index contributed by atoms with van der Waals surface area (Å²) in [6.07, 6.45) is 10.4. The molecule has 0 saturated carbocycles. The van der Waals surface area contributed by atoms with Crippen LogP contribution in [0.4, 0.5) is 30.7 Å². The number of hydrogen-bond acceptors (Lipinski definition) is 0. The third-order valence-electron chi connectivity index (χ3n) is 19.7. The van der Waals surface area contributed by atoms with Crippen LogP contribution in [0.2, 0.25) is 0 Å². The molecule has 0 unspecified atom stereocenters. The lowest BCUT2D eigenvalue weighted by molar-refractivity contribution is -0.419. The quantitative estimate of drug-likeness (QED) is 0.0858. The fourth-order valence-electron chi connectivity index (χ4n) is 14.2. The Kier molecular flexibility index (Phi) is 22.0. The molecule has 12 aromatic carbocycles. The van der Waals surface area contributed by atoms with Crippen molar-refractivity contribution >= 4 is 63.5 Å². The molecule has 12 heteroatoms. The molecule has 5 aliphatic heterocycles. The van der Waals surface area contributed by atoms with Gasteiger partial charge in [-0.3, -0.25) is 0 Å². The highest BCUT2D eigenvalue weighted by molar-refractivity contribution is 5.74. The van der Waals surface area contributed by atoms with E-state index in [-0.39, 0.29) is 23.3 Å². The van der Waals surface area contributed by atoms with Gasteiger partial charge in [0.25, 0.3) is 0 Å². The number of alkyl halides is 3. The second kappa shape index (κ2) is 32.3. The van der Waals surface area contributed by atoms with E-state index in [2.05, 4.69) is 193 Å². The maximum absolute atomic E-state index is 14.0. The van der Waals surface area contributed by atoms with E-state index in [4.69, 9.17) is 0 Å². The number of aryl methyl sites for hydroxylation is 5. The second-order valence-corrected chi connectivity index (χ2v) is 27.1. The summed E-state index contributed by atoms with van der Waals surface area (Å²) in [5.41, 5.74) is 23.4. The molecule has 0 aromatic heterocycles. The Morgan fingerprint density at radius 3 is 0.973 bits per heavy atom. The van der Waals surface area contributed by atoms with E-state index in [1.807, 2.05) is 108 Å². The molecule has 0 fully saturated rings. The van der Waals surface area contributed by atoms with Gasteiger partial charge < -0.3 is 0 Å². The van der Waals surface area contributed by atoms with Crippen LogP contribution in [-0.4, -0.2) is 56.5 Å².